The number of benzene rings is 1. The van der Waals surface area contributed by atoms with Crippen molar-refractivity contribution >= 4 is 29.4 Å². The molecule has 0 saturated carbocycles. The first-order valence-electron chi connectivity index (χ1n) is 12.1. The van der Waals surface area contributed by atoms with Gasteiger partial charge >= 0.3 is 0 Å². The van der Waals surface area contributed by atoms with Crippen molar-refractivity contribution in [2.24, 2.45) is 0 Å². The number of rotatable bonds is 9. The standard InChI is InChI=1S/C26H34N4O3S/c1-4-34-13-12-27-25(31)18-8-11-24(28-16-18)30-20-9-10-21(30)15-19(14-20)29-26(32)22-6-5-7-23(33-3)17(22)2/h5-8,11,16,19-21H,4,9-10,12-15H2,1-3H3,(H,27,31)(H,29,32). The second-order valence-corrected chi connectivity index (χ2v) is 10.3. The van der Waals surface area contributed by atoms with Gasteiger partial charge in [-0.2, -0.15) is 11.8 Å². The molecule has 0 spiro atoms. The number of fused-ring (bicyclic) bond motifs is 2. The molecule has 182 valence electrons. The Bertz CT molecular complexity index is 1000. The van der Waals surface area contributed by atoms with Crippen molar-refractivity contribution in [3.8, 4) is 5.75 Å². The largest absolute Gasteiger partial charge is 0.496 e. The Morgan fingerprint density at radius 1 is 1.15 bits per heavy atom. The average molecular weight is 483 g/mol. The van der Waals surface area contributed by atoms with Crippen LogP contribution < -0.4 is 20.3 Å². The van der Waals surface area contributed by atoms with Gasteiger partial charge in [0, 0.05) is 47.7 Å². The van der Waals surface area contributed by atoms with Crippen LogP contribution in [-0.4, -0.2) is 60.1 Å². The van der Waals surface area contributed by atoms with Gasteiger partial charge in [-0.15, -0.1) is 0 Å². The average Bonchev–Trinajstić information content (AvgIpc) is 3.12. The molecule has 2 aliphatic rings. The maximum atomic E-state index is 13.0. The fraction of sp³-hybridized carbons (Fsp3) is 0.500. The molecule has 3 heterocycles. The zero-order chi connectivity index (χ0) is 24.1. The summed E-state index contributed by atoms with van der Waals surface area (Å²) in [6.07, 6.45) is 5.65. The van der Waals surface area contributed by atoms with Gasteiger partial charge < -0.3 is 20.3 Å². The summed E-state index contributed by atoms with van der Waals surface area (Å²) in [6, 6.07) is 10.2. The van der Waals surface area contributed by atoms with Gasteiger partial charge in [-0.05, 0) is 62.6 Å². The van der Waals surface area contributed by atoms with E-state index < -0.39 is 0 Å². The van der Waals surface area contributed by atoms with Crippen molar-refractivity contribution in [2.45, 2.75) is 57.7 Å². The van der Waals surface area contributed by atoms with Crippen LogP contribution in [0.2, 0.25) is 0 Å². The number of carbonyl (C=O) groups excluding carboxylic acids is 2. The number of thioether (sulfide) groups is 1. The van der Waals surface area contributed by atoms with Crippen LogP contribution in [0.4, 0.5) is 5.82 Å². The number of hydrogen-bond donors (Lipinski definition) is 2. The molecule has 1 aromatic heterocycles. The minimum Gasteiger partial charge on any atom is -0.496 e. The Balaban J connectivity index is 1.36. The molecular formula is C26H34N4O3S. The highest BCUT2D eigenvalue weighted by molar-refractivity contribution is 7.99. The molecule has 1 aromatic carbocycles. The van der Waals surface area contributed by atoms with Gasteiger partial charge in [0.05, 0.1) is 12.7 Å². The van der Waals surface area contributed by atoms with Gasteiger partial charge in [-0.3, -0.25) is 9.59 Å². The second kappa shape index (κ2) is 11.1. The molecular weight excluding hydrogens is 448 g/mol. The number of nitrogens with zero attached hydrogens (tertiary/aromatic N) is 2. The number of piperidine rings is 1. The minimum atomic E-state index is -0.0759. The molecule has 2 bridgehead atoms. The molecule has 2 atom stereocenters. The second-order valence-electron chi connectivity index (χ2n) is 8.92. The highest BCUT2D eigenvalue weighted by atomic mass is 32.2. The number of hydrogen-bond acceptors (Lipinski definition) is 6. The number of anilines is 1. The predicted octanol–water partition coefficient (Wildman–Crippen LogP) is 3.81. The number of ether oxygens (including phenoxy) is 1. The Morgan fingerprint density at radius 2 is 1.91 bits per heavy atom. The molecule has 2 unspecified atom stereocenters. The number of amides is 2. The molecule has 0 radical (unpaired) electrons. The summed E-state index contributed by atoms with van der Waals surface area (Å²) in [5.41, 5.74) is 2.12. The van der Waals surface area contributed by atoms with Crippen molar-refractivity contribution in [1.29, 1.82) is 0 Å². The third-order valence-electron chi connectivity index (χ3n) is 6.83. The lowest BCUT2D eigenvalue weighted by molar-refractivity contribution is 0.0924. The van der Waals surface area contributed by atoms with E-state index in [9.17, 15) is 9.59 Å². The van der Waals surface area contributed by atoms with Gasteiger partial charge in [0.2, 0.25) is 0 Å². The van der Waals surface area contributed by atoms with Gasteiger partial charge in [0.15, 0.2) is 0 Å². The van der Waals surface area contributed by atoms with Crippen molar-refractivity contribution in [3.63, 3.8) is 0 Å². The Hall–Kier alpha value is -2.74. The molecule has 2 saturated heterocycles. The van der Waals surface area contributed by atoms with Crippen LogP contribution >= 0.6 is 11.8 Å². The summed E-state index contributed by atoms with van der Waals surface area (Å²) in [5.74, 6) is 3.49. The van der Waals surface area contributed by atoms with Gasteiger partial charge in [0.25, 0.3) is 11.8 Å². The van der Waals surface area contributed by atoms with Crippen LogP contribution in [0.1, 0.15) is 58.9 Å². The van der Waals surface area contributed by atoms with Crippen LogP contribution in [0, 0.1) is 6.92 Å². The van der Waals surface area contributed by atoms with Gasteiger partial charge in [0.1, 0.15) is 11.6 Å². The lowest BCUT2D eigenvalue weighted by Crippen LogP contribution is -2.50. The molecule has 2 fully saturated rings. The van der Waals surface area contributed by atoms with E-state index >= 15 is 0 Å². The van der Waals surface area contributed by atoms with E-state index in [1.165, 1.54) is 0 Å². The molecule has 2 aliphatic heterocycles. The fourth-order valence-corrected chi connectivity index (χ4v) is 5.70. The zero-order valence-electron chi connectivity index (χ0n) is 20.2. The summed E-state index contributed by atoms with van der Waals surface area (Å²) >= 11 is 1.81. The third-order valence-corrected chi connectivity index (χ3v) is 7.73. The zero-order valence-corrected chi connectivity index (χ0v) is 21.0. The normalized spacial score (nSPS) is 21.3. The molecule has 0 aliphatic carbocycles. The minimum absolute atomic E-state index is 0.0416. The van der Waals surface area contributed by atoms with Gasteiger partial charge in [-0.25, -0.2) is 4.98 Å². The highest BCUT2D eigenvalue weighted by Gasteiger charge is 2.41. The lowest BCUT2D eigenvalue weighted by Gasteiger charge is -2.40. The topological polar surface area (TPSA) is 83.6 Å². The molecule has 7 nitrogen and oxygen atoms in total. The quantitative estimate of drug-likeness (QED) is 0.529. The van der Waals surface area contributed by atoms with E-state index in [2.05, 4.69) is 27.4 Å². The number of methoxy groups -OCH3 is 1. The predicted molar refractivity (Wildman–Crippen MR) is 137 cm³/mol. The highest BCUT2D eigenvalue weighted by Crippen LogP contribution is 2.38. The number of nitrogens with one attached hydrogen (secondary N) is 2. The van der Waals surface area contributed by atoms with Crippen LogP contribution in [-0.2, 0) is 0 Å². The maximum absolute atomic E-state index is 13.0. The molecule has 2 amide bonds. The van der Waals surface area contributed by atoms with Crippen LogP contribution in [0.15, 0.2) is 36.5 Å². The Kier molecular flexibility index (Phi) is 7.98. The van der Waals surface area contributed by atoms with E-state index in [0.717, 1.165) is 54.3 Å². The lowest BCUT2D eigenvalue weighted by atomic mass is 9.96. The maximum Gasteiger partial charge on any atom is 0.252 e. The first-order valence-corrected chi connectivity index (χ1v) is 13.2. The first-order chi connectivity index (χ1) is 16.5. The van der Waals surface area contributed by atoms with Crippen molar-refractivity contribution in [1.82, 2.24) is 15.6 Å². The number of carbonyl (C=O) groups is 2. The summed E-state index contributed by atoms with van der Waals surface area (Å²) < 4.78 is 5.37. The monoisotopic (exact) mass is 482 g/mol. The number of aromatic nitrogens is 1. The Labute approximate surface area is 206 Å². The molecule has 34 heavy (non-hydrogen) atoms. The van der Waals surface area contributed by atoms with Crippen LogP contribution in [0.5, 0.6) is 5.75 Å². The summed E-state index contributed by atoms with van der Waals surface area (Å²) in [4.78, 5) is 32.3. The van der Waals surface area contributed by atoms with E-state index in [0.29, 0.717) is 29.8 Å². The van der Waals surface area contributed by atoms with Crippen molar-refractivity contribution < 1.29 is 14.3 Å². The van der Waals surface area contributed by atoms with Crippen molar-refractivity contribution in [3.05, 3.63) is 53.2 Å². The summed E-state index contributed by atoms with van der Waals surface area (Å²) in [5, 5.41) is 6.21. The van der Waals surface area contributed by atoms with Gasteiger partial charge in [-0.1, -0.05) is 13.0 Å². The summed E-state index contributed by atoms with van der Waals surface area (Å²) in [7, 11) is 1.62. The third kappa shape index (κ3) is 5.32. The van der Waals surface area contributed by atoms with Crippen LogP contribution in [0.25, 0.3) is 0 Å². The smallest absolute Gasteiger partial charge is 0.252 e. The molecule has 2 N–H and O–H groups in total. The fourth-order valence-electron chi connectivity index (χ4n) is 5.17. The molecule has 8 heteroatoms. The van der Waals surface area contributed by atoms with E-state index in [4.69, 9.17) is 4.74 Å². The Morgan fingerprint density at radius 3 is 2.56 bits per heavy atom. The first kappa shape index (κ1) is 24.4. The van der Waals surface area contributed by atoms with Crippen LogP contribution in [0.3, 0.4) is 0 Å². The van der Waals surface area contributed by atoms with E-state index in [1.54, 1.807) is 13.3 Å². The number of pyridine rings is 1. The summed E-state index contributed by atoms with van der Waals surface area (Å²) in [6.45, 7) is 4.69. The molecule has 2 aromatic rings. The SMILES string of the molecule is CCSCCNC(=O)c1ccc(N2C3CCC2CC(NC(=O)c2cccc(OC)c2C)C3)nc1. The van der Waals surface area contributed by atoms with E-state index in [1.807, 2.05) is 49.0 Å². The molecule has 4 rings (SSSR count). The van der Waals surface area contributed by atoms with E-state index in [-0.39, 0.29) is 17.9 Å². The van der Waals surface area contributed by atoms with Crippen molar-refractivity contribution in [2.75, 3.05) is 30.1 Å².